The molecule has 0 spiro atoms. The summed E-state index contributed by atoms with van der Waals surface area (Å²) in [6, 6.07) is 9.53. The number of hydrogen-bond donors (Lipinski definition) is 0. The fourth-order valence-electron chi connectivity index (χ4n) is 2.28. The summed E-state index contributed by atoms with van der Waals surface area (Å²) in [5.74, 6) is -0.283. The first kappa shape index (κ1) is 12.3. The molecule has 1 aliphatic heterocycles. The maximum atomic E-state index is 12.3. The molecule has 2 aromatic rings. The van der Waals surface area contributed by atoms with Gasteiger partial charge in [0, 0.05) is 25.3 Å². The van der Waals surface area contributed by atoms with E-state index in [1.165, 1.54) is 18.7 Å². The highest BCUT2D eigenvalue weighted by Gasteiger charge is 2.23. The fourth-order valence-corrected chi connectivity index (χ4v) is 3.45. The van der Waals surface area contributed by atoms with Gasteiger partial charge in [0.05, 0.1) is 5.03 Å². The van der Waals surface area contributed by atoms with Crippen molar-refractivity contribution < 1.29 is 9.53 Å². The molecule has 3 rings (SSSR count). The van der Waals surface area contributed by atoms with Crippen molar-refractivity contribution in [1.82, 2.24) is 4.57 Å². The quantitative estimate of drug-likeness (QED) is 0.750. The molecule has 1 aromatic carbocycles. The van der Waals surface area contributed by atoms with E-state index < -0.39 is 0 Å². The van der Waals surface area contributed by atoms with Gasteiger partial charge in [0.25, 0.3) is 5.56 Å². The monoisotopic (exact) mass is 275 g/mol. The molecular formula is C14H13NO3S. The van der Waals surface area contributed by atoms with Crippen LogP contribution in [0.15, 0.2) is 40.2 Å². The highest BCUT2D eigenvalue weighted by atomic mass is 32.2. The van der Waals surface area contributed by atoms with Crippen LogP contribution >= 0.6 is 11.8 Å². The number of carbonyl (C=O) groups excluding carboxylic acids is 1. The molecule has 0 amide bonds. The zero-order valence-electron chi connectivity index (χ0n) is 10.5. The van der Waals surface area contributed by atoms with E-state index in [2.05, 4.69) is 0 Å². The first-order chi connectivity index (χ1) is 9.15. The van der Waals surface area contributed by atoms with Crippen LogP contribution in [0.2, 0.25) is 0 Å². The number of rotatable bonds is 1. The van der Waals surface area contributed by atoms with Crippen molar-refractivity contribution in [3.63, 3.8) is 0 Å². The minimum atomic E-state index is -0.283. The number of benzene rings is 1. The Kier molecular flexibility index (Phi) is 3.06. The largest absolute Gasteiger partial charge is 0.451 e. The Morgan fingerprint density at radius 1 is 1.42 bits per heavy atom. The minimum Gasteiger partial charge on any atom is -0.451 e. The second-order valence-corrected chi connectivity index (χ2v) is 5.65. The van der Waals surface area contributed by atoms with Crippen LogP contribution in [0.4, 0.5) is 0 Å². The van der Waals surface area contributed by atoms with Crippen LogP contribution in [0.25, 0.3) is 10.8 Å². The summed E-state index contributed by atoms with van der Waals surface area (Å²) in [7, 11) is 0. The lowest BCUT2D eigenvalue weighted by molar-refractivity contribution is -0.142. The van der Waals surface area contributed by atoms with Crippen molar-refractivity contribution >= 4 is 28.5 Å². The lowest BCUT2D eigenvalue weighted by Crippen LogP contribution is -2.29. The summed E-state index contributed by atoms with van der Waals surface area (Å²) in [4.78, 5) is 23.3. The van der Waals surface area contributed by atoms with Crippen molar-refractivity contribution in [1.29, 1.82) is 0 Å². The summed E-state index contributed by atoms with van der Waals surface area (Å²) < 4.78 is 6.97. The topological polar surface area (TPSA) is 48.3 Å². The van der Waals surface area contributed by atoms with E-state index in [-0.39, 0.29) is 17.0 Å². The Labute approximate surface area is 114 Å². The maximum absolute atomic E-state index is 12.3. The lowest BCUT2D eigenvalue weighted by Gasteiger charge is -2.25. The molecule has 1 unspecified atom stereocenters. The third-order valence-corrected chi connectivity index (χ3v) is 4.29. The molecule has 1 aromatic heterocycles. The van der Waals surface area contributed by atoms with E-state index in [9.17, 15) is 9.59 Å². The maximum Gasteiger partial charge on any atom is 0.303 e. The van der Waals surface area contributed by atoms with E-state index >= 15 is 0 Å². The van der Waals surface area contributed by atoms with Crippen LogP contribution in [-0.2, 0) is 16.1 Å². The van der Waals surface area contributed by atoms with E-state index in [0.717, 1.165) is 15.8 Å². The van der Waals surface area contributed by atoms with E-state index in [1.54, 1.807) is 4.57 Å². The number of pyridine rings is 1. The van der Waals surface area contributed by atoms with E-state index in [4.69, 9.17) is 4.74 Å². The van der Waals surface area contributed by atoms with Gasteiger partial charge in [-0.25, -0.2) is 0 Å². The molecule has 0 saturated heterocycles. The van der Waals surface area contributed by atoms with Crippen LogP contribution in [0.1, 0.15) is 13.3 Å². The Bertz CT molecular complexity index is 707. The number of nitrogens with zero attached hydrogens (tertiary/aromatic N) is 1. The smallest absolute Gasteiger partial charge is 0.303 e. The number of fused-ring (bicyclic) bond motifs is 2. The molecule has 0 saturated carbocycles. The molecule has 0 radical (unpaired) electrons. The molecule has 0 bridgehead atoms. The van der Waals surface area contributed by atoms with Gasteiger partial charge in [0.15, 0.2) is 5.44 Å². The van der Waals surface area contributed by atoms with Crippen molar-refractivity contribution in [2.75, 3.05) is 0 Å². The predicted molar refractivity (Wildman–Crippen MR) is 74.2 cm³/mol. The van der Waals surface area contributed by atoms with Crippen LogP contribution in [-0.4, -0.2) is 16.0 Å². The lowest BCUT2D eigenvalue weighted by atomic mass is 10.2. The van der Waals surface area contributed by atoms with Gasteiger partial charge in [-0.2, -0.15) is 0 Å². The zero-order valence-corrected chi connectivity index (χ0v) is 11.3. The molecule has 0 fully saturated rings. The Balaban J connectivity index is 2.06. The highest BCUT2D eigenvalue weighted by Crippen LogP contribution is 2.32. The van der Waals surface area contributed by atoms with Gasteiger partial charge < -0.3 is 9.30 Å². The third-order valence-electron chi connectivity index (χ3n) is 3.12. The van der Waals surface area contributed by atoms with Crippen LogP contribution in [0, 0.1) is 0 Å². The summed E-state index contributed by atoms with van der Waals surface area (Å²) in [6.07, 6.45) is 0.662. The molecule has 98 valence electrons. The molecule has 0 N–H and O–H groups in total. The van der Waals surface area contributed by atoms with E-state index in [0.29, 0.717) is 13.0 Å². The second-order valence-electron chi connectivity index (χ2n) is 4.47. The number of ether oxygens (including phenoxy) is 1. The average Bonchev–Trinajstić information content (AvgIpc) is 2.38. The molecule has 0 aliphatic carbocycles. The van der Waals surface area contributed by atoms with E-state index in [1.807, 2.05) is 30.3 Å². The van der Waals surface area contributed by atoms with Gasteiger partial charge in [-0.05, 0) is 17.5 Å². The van der Waals surface area contributed by atoms with Gasteiger partial charge >= 0.3 is 5.97 Å². The fraction of sp³-hybridized carbons (Fsp3) is 0.286. The number of hydrogen-bond acceptors (Lipinski definition) is 4. The van der Waals surface area contributed by atoms with Gasteiger partial charge in [0.2, 0.25) is 0 Å². The highest BCUT2D eigenvalue weighted by molar-refractivity contribution is 7.99. The summed E-state index contributed by atoms with van der Waals surface area (Å²) in [5, 5.41) is 2.52. The van der Waals surface area contributed by atoms with Gasteiger partial charge in [-0.1, -0.05) is 30.0 Å². The minimum absolute atomic E-state index is 0.0295. The second kappa shape index (κ2) is 4.74. The van der Waals surface area contributed by atoms with Crippen molar-refractivity contribution in [2.45, 2.75) is 30.4 Å². The summed E-state index contributed by atoms with van der Waals surface area (Å²) in [5.41, 5.74) is -0.167. The van der Waals surface area contributed by atoms with Gasteiger partial charge in [0.1, 0.15) is 0 Å². The third kappa shape index (κ3) is 2.26. The zero-order chi connectivity index (χ0) is 13.4. The Morgan fingerprint density at radius 3 is 3.00 bits per heavy atom. The van der Waals surface area contributed by atoms with Crippen LogP contribution in [0.3, 0.4) is 0 Å². The van der Waals surface area contributed by atoms with Gasteiger partial charge in [-0.3, -0.25) is 9.59 Å². The molecule has 19 heavy (non-hydrogen) atoms. The number of aromatic nitrogens is 1. The van der Waals surface area contributed by atoms with Crippen LogP contribution in [0.5, 0.6) is 0 Å². The normalized spacial score (nSPS) is 18.1. The average molecular weight is 275 g/mol. The van der Waals surface area contributed by atoms with Gasteiger partial charge in [-0.15, -0.1) is 0 Å². The first-order valence-corrected chi connectivity index (χ1v) is 6.99. The molecule has 4 nitrogen and oxygen atoms in total. The number of esters is 1. The predicted octanol–water partition coefficient (Wildman–Crippen LogP) is 2.39. The summed E-state index contributed by atoms with van der Waals surface area (Å²) in [6.45, 7) is 1.99. The number of carbonyl (C=O) groups is 1. The molecule has 1 atom stereocenters. The standard InChI is InChI=1S/C14H13NO3S/c1-9(16)18-13-6-7-15-12(19-13)8-10-4-2-3-5-11(10)14(15)17/h2-5,8,13H,6-7H2,1H3. The Hall–Kier alpha value is -1.75. The SMILES string of the molecule is CC(=O)OC1CCn2c(cc3ccccc3c2=O)S1. The first-order valence-electron chi connectivity index (χ1n) is 6.11. The molecule has 5 heteroatoms. The molecule has 2 heterocycles. The van der Waals surface area contributed by atoms with Crippen molar-refractivity contribution in [3.05, 3.63) is 40.7 Å². The number of thioether (sulfide) groups is 1. The molecule has 1 aliphatic rings. The molecular weight excluding hydrogens is 262 g/mol. The summed E-state index contributed by atoms with van der Waals surface area (Å²) >= 11 is 1.43. The van der Waals surface area contributed by atoms with Crippen LogP contribution < -0.4 is 5.56 Å². The van der Waals surface area contributed by atoms with Crippen molar-refractivity contribution in [3.8, 4) is 0 Å². The van der Waals surface area contributed by atoms with Crippen molar-refractivity contribution in [2.24, 2.45) is 0 Å². The Morgan fingerprint density at radius 2 is 2.21 bits per heavy atom.